The van der Waals surface area contributed by atoms with Gasteiger partial charge in [0, 0.05) is 12.6 Å². The van der Waals surface area contributed by atoms with Gasteiger partial charge in [0.2, 0.25) is 0 Å². The minimum Gasteiger partial charge on any atom is -0.378 e. The first kappa shape index (κ1) is 13.0. The molecule has 0 aromatic carbocycles. The molecule has 0 aliphatic carbocycles. The zero-order valence-electron chi connectivity index (χ0n) is 10.6. The maximum absolute atomic E-state index is 5.62. The van der Waals surface area contributed by atoms with Crippen LogP contribution >= 0.6 is 0 Å². The summed E-state index contributed by atoms with van der Waals surface area (Å²) >= 11 is 0. The molecule has 1 N–H and O–H groups in total. The van der Waals surface area contributed by atoms with Crippen LogP contribution in [0.15, 0.2) is 0 Å². The summed E-state index contributed by atoms with van der Waals surface area (Å²) in [5, 5.41) is 3.60. The zero-order valence-corrected chi connectivity index (χ0v) is 10.6. The molecule has 1 aliphatic heterocycles. The minimum atomic E-state index is 0.554. The third kappa shape index (κ3) is 5.53. The number of hydrogen-bond acceptors (Lipinski definition) is 2. The van der Waals surface area contributed by atoms with Crippen molar-refractivity contribution in [3.05, 3.63) is 0 Å². The van der Waals surface area contributed by atoms with Crippen LogP contribution in [0.4, 0.5) is 0 Å². The lowest BCUT2D eigenvalue weighted by molar-refractivity contribution is 0.1000. The number of hydrogen-bond donors (Lipinski definition) is 1. The molecule has 1 aliphatic rings. The first-order chi connectivity index (χ1) is 7.22. The van der Waals surface area contributed by atoms with Crippen molar-refractivity contribution in [2.45, 2.75) is 65.0 Å². The Morgan fingerprint density at radius 1 is 1.40 bits per heavy atom. The van der Waals surface area contributed by atoms with Crippen molar-refractivity contribution in [1.82, 2.24) is 5.32 Å². The van der Waals surface area contributed by atoms with Gasteiger partial charge >= 0.3 is 0 Å². The van der Waals surface area contributed by atoms with Crippen molar-refractivity contribution in [1.29, 1.82) is 0 Å². The van der Waals surface area contributed by atoms with Crippen LogP contribution in [0.1, 0.15) is 52.9 Å². The largest absolute Gasteiger partial charge is 0.378 e. The summed E-state index contributed by atoms with van der Waals surface area (Å²) in [6.45, 7) is 8.99. The van der Waals surface area contributed by atoms with Crippen molar-refractivity contribution >= 4 is 0 Å². The summed E-state index contributed by atoms with van der Waals surface area (Å²) in [5.74, 6) is 0.801. The van der Waals surface area contributed by atoms with Gasteiger partial charge in [-0.2, -0.15) is 0 Å². The fraction of sp³-hybridized carbons (Fsp3) is 1.00. The van der Waals surface area contributed by atoms with Gasteiger partial charge in [-0.25, -0.2) is 0 Å². The topological polar surface area (TPSA) is 21.3 Å². The maximum Gasteiger partial charge on any atom is 0.0576 e. The first-order valence-electron chi connectivity index (χ1n) is 6.57. The van der Waals surface area contributed by atoms with Gasteiger partial charge in [0.05, 0.1) is 6.10 Å². The van der Waals surface area contributed by atoms with Gasteiger partial charge in [0.25, 0.3) is 0 Å². The van der Waals surface area contributed by atoms with Crippen LogP contribution < -0.4 is 5.32 Å². The Balaban J connectivity index is 1.99. The summed E-state index contributed by atoms with van der Waals surface area (Å²) in [7, 11) is 0. The molecular weight excluding hydrogens is 186 g/mol. The van der Waals surface area contributed by atoms with Gasteiger partial charge in [-0.15, -0.1) is 0 Å². The van der Waals surface area contributed by atoms with Gasteiger partial charge in [0.15, 0.2) is 0 Å². The van der Waals surface area contributed by atoms with E-state index in [0.29, 0.717) is 12.1 Å². The monoisotopic (exact) mass is 213 g/mol. The average Bonchev–Trinajstić information content (AvgIpc) is 2.75. The standard InChI is InChI=1S/C13H27NO/c1-4-11(2)10-14-12(3)7-8-13-6-5-9-15-13/h11-14H,4-10H2,1-3H3. The van der Waals surface area contributed by atoms with Crippen LogP contribution in [0, 0.1) is 5.92 Å². The van der Waals surface area contributed by atoms with E-state index in [1.807, 2.05) is 0 Å². The summed E-state index contributed by atoms with van der Waals surface area (Å²) in [5.41, 5.74) is 0. The Labute approximate surface area is 94.8 Å². The Bertz CT molecular complexity index is 155. The van der Waals surface area contributed by atoms with E-state index in [9.17, 15) is 0 Å². The SMILES string of the molecule is CCC(C)CNC(C)CCC1CCCO1. The van der Waals surface area contributed by atoms with Crippen molar-refractivity contribution in [2.75, 3.05) is 13.2 Å². The summed E-state index contributed by atoms with van der Waals surface area (Å²) in [6.07, 6.45) is 6.84. The highest BCUT2D eigenvalue weighted by Gasteiger charge is 2.16. The van der Waals surface area contributed by atoms with Crippen LogP contribution in [-0.4, -0.2) is 25.3 Å². The number of rotatable bonds is 7. The number of ether oxygens (including phenoxy) is 1. The number of nitrogens with one attached hydrogen (secondary N) is 1. The van der Waals surface area contributed by atoms with E-state index < -0.39 is 0 Å². The van der Waals surface area contributed by atoms with Gasteiger partial charge < -0.3 is 10.1 Å². The van der Waals surface area contributed by atoms with Gasteiger partial charge in [-0.1, -0.05) is 20.3 Å². The molecule has 1 saturated heterocycles. The molecule has 3 atom stereocenters. The quantitative estimate of drug-likeness (QED) is 0.702. The molecule has 15 heavy (non-hydrogen) atoms. The molecule has 90 valence electrons. The third-order valence-electron chi connectivity index (χ3n) is 3.46. The van der Waals surface area contributed by atoms with Crippen molar-refractivity contribution in [3.8, 4) is 0 Å². The Morgan fingerprint density at radius 3 is 2.80 bits per heavy atom. The smallest absolute Gasteiger partial charge is 0.0576 e. The molecule has 3 unspecified atom stereocenters. The molecule has 0 saturated carbocycles. The zero-order chi connectivity index (χ0) is 11.1. The molecule has 1 heterocycles. The highest BCUT2D eigenvalue weighted by molar-refractivity contribution is 4.69. The highest BCUT2D eigenvalue weighted by Crippen LogP contribution is 2.17. The Kier molecular flexibility index (Phi) is 6.26. The molecule has 2 nitrogen and oxygen atoms in total. The lowest BCUT2D eigenvalue weighted by atomic mass is 10.1. The molecule has 1 rings (SSSR count). The highest BCUT2D eigenvalue weighted by atomic mass is 16.5. The fourth-order valence-electron chi connectivity index (χ4n) is 1.96. The van der Waals surface area contributed by atoms with E-state index >= 15 is 0 Å². The van der Waals surface area contributed by atoms with E-state index in [-0.39, 0.29) is 0 Å². The molecular formula is C13H27NO. The van der Waals surface area contributed by atoms with E-state index in [1.165, 1.54) is 32.1 Å². The molecule has 2 heteroatoms. The maximum atomic E-state index is 5.62. The lowest BCUT2D eigenvalue weighted by Crippen LogP contribution is -2.30. The third-order valence-corrected chi connectivity index (χ3v) is 3.46. The first-order valence-corrected chi connectivity index (χ1v) is 6.57. The van der Waals surface area contributed by atoms with Gasteiger partial charge in [0.1, 0.15) is 0 Å². The van der Waals surface area contributed by atoms with Crippen molar-refractivity contribution in [2.24, 2.45) is 5.92 Å². The van der Waals surface area contributed by atoms with Crippen LogP contribution in [0.5, 0.6) is 0 Å². The molecule has 0 radical (unpaired) electrons. The Morgan fingerprint density at radius 2 is 2.20 bits per heavy atom. The van der Waals surface area contributed by atoms with E-state index in [4.69, 9.17) is 4.74 Å². The molecule has 0 spiro atoms. The minimum absolute atomic E-state index is 0.554. The second-order valence-corrected chi connectivity index (χ2v) is 5.04. The second kappa shape index (κ2) is 7.24. The molecule has 0 aromatic rings. The molecule has 0 aromatic heterocycles. The summed E-state index contributed by atoms with van der Waals surface area (Å²) in [4.78, 5) is 0. The van der Waals surface area contributed by atoms with Crippen LogP contribution in [-0.2, 0) is 4.74 Å². The van der Waals surface area contributed by atoms with Crippen LogP contribution in [0.3, 0.4) is 0 Å². The van der Waals surface area contributed by atoms with E-state index in [1.54, 1.807) is 0 Å². The van der Waals surface area contributed by atoms with Gasteiger partial charge in [-0.05, 0) is 45.1 Å². The predicted octanol–water partition coefficient (Wildman–Crippen LogP) is 2.97. The van der Waals surface area contributed by atoms with Crippen LogP contribution in [0.25, 0.3) is 0 Å². The average molecular weight is 213 g/mol. The molecule has 1 fully saturated rings. The van der Waals surface area contributed by atoms with Gasteiger partial charge in [-0.3, -0.25) is 0 Å². The Hall–Kier alpha value is -0.0800. The van der Waals surface area contributed by atoms with Crippen molar-refractivity contribution in [3.63, 3.8) is 0 Å². The predicted molar refractivity (Wildman–Crippen MR) is 65.1 cm³/mol. The second-order valence-electron chi connectivity index (χ2n) is 5.04. The fourth-order valence-corrected chi connectivity index (χ4v) is 1.96. The van der Waals surface area contributed by atoms with Crippen molar-refractivity contribution < 1.29 is 4.74 Å². The molecule has 0 bridgehead atoms. The lowest BCUT2D eigenvalue weighted by Gasteiger charge is -2.18. The summed E-state index contributed by atoms with van der Waals surface area (Å²) in [6, 6.07) is 0.642. The summed E-state index contributed by atoms with van der Waals surface area (Å²) < 4.78 is 5.62. The van der Waals surface area contributed by atoms with E-state index in [2.05, 4.69) is 26.1 Å². The normalized spacial score (nSPS) is 25.4. The van der Waals surface area contributed by atoms with Crippen LogP contribution in [0.2, 0.25) is 0 Å². The van der Waals surface area contributed by atoms with E-state index in [0.717, 1.165) is 19.1 Å². The molecule has 0 amide bonds.